The topological polar surface area (TPSA) is 78.4 Å². The van der Waals surface area contributed by atoms with E-state index in [1.54, 1.807) is 19.0 Å². The van der Waals surface area contributed by atoms with Crippen molar-refractivity contribution in [3.63, 3.8) is 0 Å². The summed E-state index contributed by atoms with van der Waals surface area (Å²) >= 11 is 0. The Morgan fingerprint density at radius 1 is 1.20 bits per heavy atom. The van der Waals surface area contributed by atoms with E-state index in [1.165, 1.54) is 25.7 Å². The highest BCUT2D eigenvalue weighted by Gasteiger charge is 2.33. The van der Waals surface area contributed by atoms with Crippen molar-refractivity contribution < 1.29 is 14.3 Å². The summed E-state index contributed by atoms with van der Waals surface area (Å²) in [7, 11) is 3.52. The van der Waals surface area contributed by atoms with E-state index in [9.17, 15) is 4.79 Å². The van der Waals surface area contributed by atoms with Crippen molar-refractivity contribution in [2.45, 2.75) is 39.0 Å². The van der Waals surface area contributed by atoms with Crippen molar-refractivity contribution in [3.8, 4) is 0 Å². The predicted molar refractivity (Wildman–Crippen MR) is 132 cm³/mol. The summed E-state index contributed by atoms with van der Waals surface area (Å²) in [4.78, 5) is 20.5. The second-order valence-corrected chi connectivity index (χ2v) is 8.34. The largest absolute Gasteiger partial charge is 0.382 e. The van der Waals surface area contributed by atoms with Crippen LogP contribution in [0.25, 0.3) is 0 Å². The molecular formula is C21H42IN5O3. The molecule has 0 unspecified atom stereocenters. The zero-order chi connectivity index (χ0) is 21.0. The molecule has 0 radical (unpaired) electrons. The van der Waals surface area contributed by atoms with E-state index in [2.05, 4.69) is 20.5 Å². The van der Waals surface area contributed by atoms with Gasteiger partial charge in [-0.2, -0.15) is 0 Å². The maximum atomic E-state index is 12.0. The fourth-order valence-corrected chi connectivity index (χ4v) is 3.96. The van der Waals surface area contributed by atoms with Gasteiger partial charge in [-0.3, -0.25) is 9.69 Å². The third-order valence-corrected chi connectivity index (χ3v) is 5.97. The molecule has 1 saturated carbocycles. The third-order valence-electron chi connectivity index (χ3n) is 5.97. The minimum absolute atomic E-state index is 0. The van der Waals surface area contributed by atoms with Crippen LogP contribution in [0.3, 0.4) is 0 Å². The van der Waals surface area contributed by atoms with Gasteiger partial charge in [-0.1, -0.05) is 12.8 Å². The molecule has 1 aliphatic heterocycles. The zero-order valence-electron chi connectivity index (χ0n) is 19.1. The minimum Gasteiger partial charge on any atom is -0.382 e. The summed E-state index contributed by atoms with van der Waals surface area (Å²) < 4.78 is 11.0. The average Bonchev–Trinajstić information content (AvgIpc) is 3.19. The standard InChI is InChI=1S/C21H41N5O3.HI/c1-4-28-14-9-21(7-5-6-8-21)18-24-20(23-17-19(27)25(2)3)22-10-11-26-12-15-29-16-13-26;/h4-18H2,1-3H3,(H2,22,23,24);1H. The number of likely N-dealkylation sites (N-methyl/N-ethyl adjacent to an activating group) is 1. The van der Waals surface area contributed by atoms with Gasteiger partial charge in [-0.05, 0) is 31.6 Å². The highest BCUT2D eigenvalue weighted by Crippen LogP contribution is 2.40. The summed E-state index contributed by atoms with van der Waals surface area (Å²) in [6.07, 6.45) is 6.09. The Bertz CT molecular complexity index is 507. The Hall–Kier alpha value is -0.650. The number of rotatable bonds is 11. The number of hydrogen-bond donors (Lipinski definition) is 2. The normalized spacial score (nSPS) is 19.2. The lowest BCUT2D eigenvalue weighted by atomic mass is 9.83. The van der Waals surface area contributed by atoms with E-state index in [4.69, 9.17) is 9.47 Å². The molecule has 2 aliphatic rings. The van der Waals surface area contributed by atoms with Gasteiger partial charge >= 0.3 is 0 Å². The number of amides is 1. The molecule has 1 saturated heterocycles. The predicted octanol–water partition coefficient (Wildman–Crippen LogP) is 1.55. The van der Waals surface area contributed by atoms with E-state index in [0.717, 1.165) is 71.5 Å². The Labute approximate surface area is 199 Å². The number of ether oxygens (including phenoxy) is 2. The van der Waals surface area contributed by atoms with Crippen LogP contribution in [0.4, 0.5) is 0 Å². The lowest BCUT2D eigenvalue weighted by molar-refractivity contribution is -0.127. The molecule has 0 spiro atoms. The first-order valence-corrected chi connectivity index (χ1v) is 11.1. The van der Waals surface area contributed by atoms with Crippen LogP contribution in [-0.2, 0) is 14.3 Å². The highest BCUT2D eigenvalue weighted by atomic mass is 127. The number of guanidine groups is 1. The Kier molecular flexibility index (Phi) is 13.9. The molecule has 0 bridgehead atoms. The number of carbonyl (C=O) groups excluding carboxylic acids is 1. The second-order valence-electron chi connectivity index (χ2n) is 8.34. The Balaban J connectivity index is 0.00000450. The van der Waals surface area contributed by atoms with Gasteiger partial charge in [-0.15, -0.1) is 24.0 Å². The second kappa shape index (κ2) is 15.2. The number of hydrogen-bond acceptors (Lipinski definition) is 5. The van der Waals surface area contributed by atoms with Crippen molar-refractivity contribution in [1.82, 2.24) is 20.4 Å². The van der Waals surface area contributed by atoms with E-state index in [0.29, 0.717) is 0 Å². The number of nitrogens with zero attached hydrogens (tertiary/aromatic N) is 3. The fourth-order valence-electron chi connectivity index (χ4n) is 3.96. The van der Waals surface area contributed by atoms with Crippen LogP contribution in [0.15, 0.2) is 4.99 Å². The molecule has 30 heavy (non-hydrogen) atoms. The van der Waals surface area contributed by atoms with E-state index >= 15 is 0 Å². The van der Waals surface area contributed by atoms with Gasteiger partial charge in [0.25, 0.3) is 0 Å². The van der Waals surface area contributed by atoms with Crippen LogP contribution >= 0.6 is 24.0 Å². The van der Waals surface area contributed by atoms with Crippen LogP contribution in [0.2, 0.25) is 0 Å². The number of carbonyl (C=O) groups is 1. The fraction of sp³-hybridized carbons (Fsp3) is 0.905. The van der Waals surface area contributed by atoms with Crippen LogP contribution in [0, 0.1) is 5.41 Å². The molecule has 0 aromatic rings. The maximum absolute atomic E-state index is 12.0. The molecule has 2 N–H and O–H groups in total. The molecule has 176 valence electrons. The van der Waals surface area contributed by atoms with Gasteiger partial charge in [0.05, 0.1) is 13.2 Å². The van der Waals surface area contributed by atoms with Gasteiger partial charge < -0.3 is 25.0 Å². The van der Waals surface area contributed by atoms with Crippen molar-refractivity contribution >= 4 is 35.8 Å². The highest BCUT2D eigenvalue weighted by molar-refractivity contribution is 14.0. The Morgan fingerprint density at radius 2 is 1.90 bits per heavy atom. The lowest BCUT2D eigenvalue weighted by Gasteiger charge is -2.30. The summed E-state index contributed by atoms with van der Waals surface area (Å²) in [5.41, 5.74) is 0.271. The van der Waals surface area contributed by atoms with Crippen molar-refractivity contribution in [1.29, 1.82) is 0 Å². The van der Waals surface area contributed by atoms with Gasteiger partial charge in [0.15, 0.2) is 5.96 Å². The van der Waals surface area contributed by atoms with Crippen molar-refractivity contribution in [2.24, 2.45) is 10.4 Å². The quantitative estimate of drug-likeness (QED) is 0.180. The smallest absolute Gasteiger partial charge is 0.243 e. The SMILES string of the molecule is CCOCCC1(CNC(=NCC(=O)N(C)C)NCCN2CCOCC2)CCCC1.I. The minimum atomic E-state index is 0. The van der Waals surface area contributed by atoms with Gasteiger partial charge in [0.2, 0.25) is 5.91 Å². The molecule has 1 heterocycles. The zero-order valence-corrected chi connectivity index (χ0v) is 21.4. The number of halogens is 1. The van der Waals surface area contributed by atoms with Crippen LogP contribution in [0.5, 0.6) is 0 Å². The monoisotopic (exact) mass is 539 g/mol. The van der Waals surface area contributed by atoms with Crippen LogP contribution in [0.1, 0.15) is 39.0 Å². The summed E-state index contributed by atoms with van der Waals surface area (Å²) in [6, 6.07) is 0. The van der Waals surface area contributed by atoms with Gasteiger partial charge in [-0.25, -0.2) is 4.99 Å². The molecule has 9 heteroatoms. The molecule has 0 aromatic carbocycles. The first kappa shape index (κ1) is 27.4. The number of nitrogens with one attached hydrogen (secondary N) is 2. The number of aliphatic imine (C=N–C) groups is 1. The molecule has 0 atom stereocenters. The van der Waals surface area contributed by atoms with E-state index in [1.807, 2.05) is 6.92 Å². The molecule has 1 amide bonds. The van der Waals surface area contributed by atoms with E-state index < -0.39 is 0 Å². The first-order valence-electron chi connectivity index (χ1n) is 11.1. The summed E-state index contributed by atoms with van der Waals surface area (Å²) in [6.45, 7) is 9.96. The van der Waals surface area contributed by atoms with Gasteiger partial charge in [0, 0.05) is 60.0 Å². The molecular weight excluding hydrogens is 497 g/mol. The average molecular weight is 540 g/mol. The molecule has 2 fully saturated rings. The van der Waals surface area contributed by atoms with Gasteiger partial charge in [0.1, 0.15) is 6.54 Å². The van der Waals surface area contributed by atoms with Crippen molar-refractivity contribution in [2.75, 3.05) is 79.8 Å². The molecule has 0 aromatic heterocycles. The Morgan fingerprint density at radius 3 is 2.53 bits per heavy atom. The third kappa shape index (κ3) is 10.1. The summed E-state index contributed by atoms with van der Waals surface area (Å²) in [5.74, 6) is 0.738. The van der Waals surface area contributed by atoms with Crippen LogP contribution < -0.4 is 10.6 Å². The maximum Gasteiger partial charge on any atom is 0.243 e. The molecule has 2 rings (SSSR count). The molecule has 8 nitrogen and oxygen atoms in total. The van der Waals surface area contributed by atoms with Crippen LogP contribution in [-0.4, -0.2) is 101 Å². The van der Waals surface area contributed by atoms with E-state index in [-0.39, 0.29) is 41.8 Å². The lowest BCUT2D eigenvalue weighted by Crippen LogP contribution is -2.47. The van der Waals surface area contributed by atoms with Crippen molar-refractivity contribution in [3.05, 3.63) is 0 Å². The number of morpholine rings is 1. The first-order chi connectivity index (χ1) is 14.0. The molecule has 1 aliphatic carbocycles. The summed E-state index contributed by atoms with van der Waals surface area (Å²) in [5, 5.41) is 6.96.